The van der Waals surface area contributed by atoms with Gasteiger partial charge in [-0.3, -0.25) is 72.2 Å². The second kappa shape index (κ2) is 40.5. The summed E-state index contributed by atoms with van der Waals surface area (Å²) in [6, 6.07) is 13.5. The Bertz CT molecular complexity index is 2400. The van der Waals surface area contributed by atoms with Crippen molar-refractivity contribution in [3.8, 4) is 0 Å². The third kappa shape index (κ3) is 31.8. The summed E-state index contributed by atoms with van der Waals surface area (Å²) in [6.07, 6.45) is -5.01. The van der Waals surface area contributed by atoms with Gasteiger partial charge < -0.3 is 60.6 Å². The van der Waals surface area contributed by atoms with Crippen LogP contribution in [-0.4, -0.2) is 210 Å². The normalized spacial score (nSPS) is 12.7. The lowest BCUT2D eigenvalue weighted by molar-refractivity contribution is -0.144. The van der Waals surface area contributed by atoms with Gasteiger partial charge in [0.05, 0.1) is 32.1 Å². The van der Waals surface area contributed by atoms with Crippen LogP contribution in [0.25, 0.3) is 0 Å². The van der Waals surface area contributed by atoms with Crippen LogP contribution >= 0.6 is 0 Å². The van der Waals surface area contributed by atoms with Gasteiger partial charge in [-0.2, -0.15) is 0 Å². The maximum absolute atomic E-state index is 14.4. The molecule has 0 aliphatic rings. The summed E-state index contributed by atoms with van der Waals surface area (Å²) in [5.41, 5.74) is 1.31. The Morgan fingerprint density at radius 3 is 1.63 bits per heavy atom. The van der Waals surface area contributed by atoms with Crippen molar-refractivity contribution in [2.75, 3.05) is 65.8 Å². The van der Waals surface area contributed by atoms with E-state index in [1.807, 2.05) is 0 Å². The minimum absolute atomic E-state index is 0.00595. The molecular formula is C53H71N7O22. The standard InChI is InChI=1S/C53H71N7O22/c61-33-79-31-59(22-20-58(29-49(71)72)21-23-60(30-50(73)74)32-80-34-62)28-41(66)26-39(24-37-8-3-1-4-9-37)51(75)55-44(25-38-10-5-2-6-11-38)45(67)27-42(81-35-63)14-16-46(68)54-19-7-12-40(65)13-15-43(52(76)77)56-53(78)57-47(82-36-64)17-18-48(69)70/h1-6,8-11,33-36,39,42-44,47H,7,12-32H2,(H,54,68)(H,55,75)(H,69,70)(H,71,72)(H,73,74)(H,76,77)(H2,56,57,78)/t39?,42-,43-,44?,47+/m0/s1. The van der Waals surface area contributed by atoms with E-state index >= 15 is 0 Å². The molecule has 0 bridgehead atoms. The van der Waals surface area contributed by atoms with Crippen molar-refractivity contribution in [2.45, 2.75) is 101 Å². The molecule has 5 atom stereocenters. The van der Waals surface area contributed by atoms with E-state index in [0.29, 0.717) is 11.1 Å². The number of rotatable bonds is 49. The summed E-state index contributed by atoms with van der Waals surface area (Å²) < 4.78 is 19.4. The van der Waals surface area contributed by atoms with Gasteiger partial charge in [-0.05, 0) is 43.2 Å². The van der Waals surface area contributed by atoms with E-state index in [1.165, 1.54) is 14.7 Å². The van der Waals surface area contributed by atoms with Gasteiger partial charge in [0.2, 0.25) is 11.8 Å². The summed E-state index contributed by atoms with van der Waals surface area (Å²) in [4.78, 5) is 174. The second-order valence-corrected chi connectivity index (χ2v) is 18.6. The molecule has 0 aromatic heterocycles. The molecule has 0 fully saturated rings. The number of carbonyl (C=O) groups excluding carboxylic acids is 10. The fourth-order valence-corrected chi connectivity index (χ4v) is 8.08. The van der Waals surface area contributed by atoms with Gasteiger partial charge in [-0.1, -0.05) is 60.7 Å². The minimum atomic E-state index is -1.54. The summed E-state index contributed by atoms with van der Waals surface area (Å²) in [7, 11) is 0. The number of nitrogens with zero attached hydrogens (tertiary/aromatic N) is 3. The zero-order valence-corrected chi connectivity index (χ0v) is 45.0. The quantitative estimate of drug-likeness (QED) is 0.0179. The predicted molar refractivity (Wildman–Crippen MR) is 281 cm³/mol. The number of carbonyl (C=O) groups is 14. The molecule has 8 N–H and O–H groups in total. The monoisotopic (exact) mass is 1160 g/mol. The van der Waals surface area contributed by atoms with Crippen LogP contribution in [0.5, 0.6) is 0 Å². The summed E-state index contributed by atoms with van der Waals surface area (Å²) in [6.45, 7) is -1.89. The van der Waals surface area contributed by atoms with Crippen molar-refractivity contribution < 1.29 is 106 Å². The van der Waals surface area contributed by atoms with E-state index in [4.69, 9.17) is 14.6 Å². The molecule has 4 amide bonds. The highest BCUT2D eigenvalue weighted by molar-refractivity contribution is 5.93. The lowest BCUT2D eigenvalue weighted by Gasteiger charge is -2.28. The minimum Gasteiger partial charge on any atom is -0.481 e. The lowest BCUT2D eigenvalue weighted by Crippen LogP contribution is -2.49. The molecule has 2 aromatic rings. The Hall–Kier alpha value is -8.70. The molecule has 2 rings (SSSR count). The summed E-state index contributed by atoms with van der Waals surface area (Å²) in [5, 5.41) is 46.9. The topological polar surface area (TPSA) is 415 Å². The lowest BCUT2D eigenvalue weighted by atomic mass is 9.91. The smallest absolute Gasteiger partial charge is 0.326 e. The van der Waals surface area contributed by atoms with Crippen LogP contribution in [0.15, 0.2) is 60.7 Å². The number of hydrogen-bond acceptors (Lipinski definition) is 21. The average molecular weight is 1160 g/mol. The first-order valence-corrected chi connectivity index (χ1v) is 25.9. The van der Waals surface area contributed by atoms with Crippen LogP contribution in [0.3, 0.4) is 0 Å². The van der Waals surface area contributed by atoms with Crippen molar-refractivity contribution in [1.29, 1.82) is 0 Å². The van der Waals surface area contributed by atoms with Crippen molar-refractivity contribution in [2.24, 2.45) is 5.92 Å². The van der Waals surface area contributed by atoms with Crippen molar-refractivity contribution in [1.82, 2.24) is 36.0 Å². The highest BCUT2D eigenvalue weighted by Gasteiger charge is 2.31. The first-order chi connectivity index (χ1) is 39.2. The molecule has 29 heteroatoms. The van der Waals surface area contributed by atoms with Crippen LogP contribution in [0.2, 0.25) is 0 Å². The van der Waals surface area contributed by atoms with Crippen LogP contribution < -0.4 is 21.3 Å². The Labute approximate surface area is 471 Å². The molecule has 0 aliphatic heterocycles. The average Bonchev–Trinajstić information content (AvgIpc) is 3.45. The number of urea groups is 1. The first kappa shape index (κ1) is 69.4. The van der Waals surface area contributed by atoms with E-state index in [-0.39, 0.29) is 136 Å². The second-order valence-electron chi connectivity index (χ2n) is 18.6. The maximum Gasteiger partial charge on any atom is 0.326 e. The number of nitrogens with one attached hydrogen (secondary N) is 4. The molecule has 2 unspecified atom stereocenters. The van der Waals surface area contributed by atoms with Gasteiger partial charge in [-0.25, -0.2) is 9.59 Å². The fourth-order valence-electron chi connectivity index (χ4n) is 8.08. The number of carboxylic acid groups (broad SMARTS) is 4. The van der Waals surface area contributed by atoms with E-state index in [1.54, 1.807) is 60.7 Å². The molecule has 29 nitrogen and oxygen atoms in total. The van der Waals surface area contributed by atoms with Gasteiger partial charge in [-0.15, -0.1) is 0 Å². The molecule has 82 heavy (non-hydrogen) atoms. The van der Waals surface area contributed by atoms with Crippen molar-refractivity contribution >= 4 is 85.0 Å². The molecule has 0 spiro atoms. The first-order valence-electron chi connectivity index (χ1n) is 25.9. The number of hydrogen-bond donors (Lipinski definition) is 8. The Balaban J connectivity index is 2.13. The van der Waals surface area contributed by atoms with Crippen molar-refractivity contribution in [3.63, 3.8) is 0 Å². The van der Waals surface area contributed by atoms with Crippen molar-refractivity contribution in [3.05, 3.63) is 71.8 Å². The SMILES string of the molecule is O=COCN(CCN(CCN(COC=O)CC(=O)CC(Cc1ccccc1)C(=O)NC(Cc1ccccc1)C(=O)C[C@H](CCC(=O)NCCCC(=O)CC[C@H](NC(=O)N[C@@H](CCC(=O)O)OC=O)C(=O)O)OC=O)CC(=O)O)CC(=O)O. The molecule has 450 valence electrons. The number of ketones is 3. The third-order valence-corrected chi connectivity index (χ3v) is 12.2. The number of Topliss-reactive ketones (excluding diaryl/α,β-unsaturated/α-hetero) is 3. The number of aliphatic carboxylic acids is 4. The van der Waals surface area contributed by atoms with Crippen LogP contribution in [0.1, 0.15) is 75.3 Å². The Morgan fingerprint density at radius 2 is 1.09 bits per heavy atom. The molecule has 0 saturated carbocycles. The zero-order valence-electron chi connectivity index (χ0n) is 45.0. The zero-order chi connectivity index (χ0) is 60.7. The van der Waals surface area contributed by atoms with E-state index in [0.717, 1.165) is 0 Å². The van der Waals surface area contributed by atoms with E-state index < -0.39 is 122 Å². The molecule has 0 radical (unpaired) electrons. The number of amides is 4. The van der Waals surface area contributed by atoms with Gasteiger partial charge in [0.15, 0.2) is 12.0 Å². The van der Waals surface area contributed by atoms with E-state index in [9.17, 15) is 82.4 Å². The fraction of sp³-hybridized carbons (Fsp3) is 0.509. The van der Waals surface area contributed by atoms with Crippen LogP contribution in [-0.2, 0) is 94.1 Å². The highest BCUT2D eigenvalue weighted by atomic mass is 16.5. The molecule has 0 heterocycles. The Kier molecular flexibility index (Phi) is 34.3. The summed E-state index contributed by atoms with van der Waals surface area (Å²) >= 11 is 0. The Morgan fingerprint density at radius 1 is 0.524 bits per heavy atom. The van der Waals surface area contributed by atoms with Gasteiger partial charge in [0.25, 0.3) is 25.9 Å². The predicted octanol–water partition coefficient (Wildman–Crippen LogP) is -0.489. The van der Waals surface area contributed by atoms with Gasteiger partial charge in [0, 0.05) is 77.2 Å². The summed E-state index contributed by atoms with van der Waals surface area (Å²) in [5.74, 6) is -8.91. The molecule has 0 saturated heterocycles. The van der Waals surface area contributed by atoms with Crippen LogP contribution in [0, 0.1) is 5.92 Å². The highest BCUT2D eigenvalue weighted by Crippen LogP contribution is 2.18. The largest absolute Gasteiger partial charge is 0.481 e. The van der Waals surface area contributed by atoms with Crippen LogP contribution in [0.4, 0.5) is 4.79 Å². The molecular weight excluding hydrogens is 1090 g/mol. The molecule has 2 aromatic carbocycles. The molecule has 0 aliphatic carbocycles. The van der Waals surface area contributed by atoms with Gasteiger partial charge in [0.1, 0.15) is 37.2 Å². The number of carboxylic acids is 4. The number of ether oxygens (including phenoxy) is 4. The maximum atomic E-state index is 14.4. The van der Waals surface area contributed by atoms with E-state index in [2.05, 4.69) is 30.7 Å². The third-order valence-electron chi connectivity index (χ3n) is 12.2. The number of benzene rings is 2. The van der Waals surface area contributed by atoms with Gasteiger partial charge >= 0.3 is 29.9 Å².